The molecule has 0 aliphatic carbocycles. The van der Waals surface area contributed by atoms with E-state index in [2.05, 4.69) is 20.0 Å². The van der Waals surface area contributed by atoms with E-state index in [0.717, 1.165) is 0 Å². The number of aromatic nitrogens is 2. The topological polar surface area (TPSA) is 64.1 Å². The van der Waals surface area contributed by atoms with Gasteiger partial charge in [0.05, 0.1) is 7.11 Å². The van der Waals surface area contributed by atoms with Crippen LogP contribution in [0.5, 0.6) is 0 Å². The highest BCUT2D eigenvalue weighted by Gasteiger charge is 2.17. The van der Waals surface area contributed by atoms with Gasteiger partial charge >= 0.3 is 5.97 Å². The Morgan fingerprint density at radius 2 is 1.93 bits per heavy atom. The van der Waals surface area contributed by atoms with Crippen molar-refractivity contribution in [2.75, 3.05) is 19.5 Å². The molecule has 0 unspecified atom stereocenters. The Balaban J connectivity index is 3.27. The molecule has 0 aromatic carbocycles. The Bertz CT molecular complexity index is 370. The van der Waals surface area contributed by atoms with Gasteiger partial charge in [-0.1, -0.05) is 23.2 Å². The van der Waals surface area contributed by atoms with Crippen LogP contribution in [0.3, 0.4) is 0 Å². The Hall–Kier alpha value is -1.07. The van der Waals surface area contributed by atoms with Crippen LogP contribution in [-0.2, 0) is 4.74 Å². The van der Waals surface area contributed by atoms with Crippen LogP contribution >= 0.6 is 23.2 Å². The van der Waals surface area contributed by atoms with E-state index in [4.69, 9.17) is 23.2 Å². The van der Waals surface area contributed by atoms with Crippen LogP contribution in [0.1, 0.15) is 10.5 Å². The standard InChI is InChI=1S/C7H7Cl2N3O2/c1-10-6-3(7(13)14-2)11-4(8)5(9)12-6/h1-2H3,(H,10,12). The Kier molecular flexibility index (Phi) is 3.49. The number of methoxy groups -OCH3 is 1. The number of carbonyl (C=O) groups excluding carboxylic acids is 1. The second kappa shape index (κ2) is 4.43. The van der Waals surface area contributed by atoms with Gasteiger partial charge in [0.25, 0.3) is 0 Å². The van der Waals surface area contributed by atoms with Gasteiger partial charge in [0.1, 0.15) is 0 Å². The fourth-order valence-corrected chi connectivity index (χ4v) is 1.06. The number of carbonyl (C=O) groups is 1. The molecule has 0 spiro atoms. The van der Waals surface area contributed by atoms with E-state index < -0.39 is 5.97 Å². The summed E-state index contributed by atoms with van der Waals surface area (Å²) in [5, 5.41) is 2.66. The van der Waals surface area contributed by atoms with Crippen LogP contribution in [0, 0.1) is 0 Å². The fourth-order valence-electron chi connectivity index (χ4n) is 0.808. The van der Waals surface area contributed by atoms with Crippen molar-refractivity contribution >= 4 is 35.0 Å². The lowest BCUT2D eigenvalue weighted by molar-refractivity contribution is 0.0595. The fraction of sp³-hybridized carbons (Fsp3) is 0.286. The molecular formula is C7H7Cl2N3O2. The largest absolute Gasteiger partial charge is 0.464 e. The van der Waals surface area contributed by atoms with E-state index in [1.165, 1.54) is 7.11 Å². The quantitative estimate of drug-likeness (QED) is 0.790. The molecule has 1 aromatic rings. The SMILES string of the molecule is CNc1nc(Cl)c(Cl)nc1C(=O)OC. The molecule has 1 rings (SSSR count). The van der Waals surface area contributed by atoms with E-state index in [0.29, 0.717) is 0 Å². The second-order valence-corrected chi connectivity index (χ2v) is 2.96. The van der Waals surface area contributed by atoms with Gasteiger partial charge in [-0.05, 0) is 0 Å². The number of hydrogen-bond donors (Lipinski definition) is 1. The Morgan fingerprint density at radius 3 is 2.43 bits per heavy atom. The van der Waals surface area contributed by atoms with Crippen LogP contribution < -0.4 is 5.32 Å². The molecule has 0 amide bonds. The summed E-state index contributed by atoms with van der Waals surface area (Å²) in [4.78, 5) is 18.8. The number of ether oxygens (including phenoxy) is 1. The molecule has 0 aliphatic heterocycles. The summed E-state index contributed by atoms with van der Waals surface area (Å²) in [5.41, 5.74) is 0.00407. The highest BCUT2D eigenvalue weighted by atomic mass is 35.5. The van der Waals surface area contributed by atoms with Crippen LogP contribution in [-0.4, -0.2) is 30.1 Å². The smallest absolute Gasteiger partial charge is 0.360 e. The van der Waals surface area contributed by atoms with E-state index >= 15 is 0 Å². The number of rotatable bonds is 2. The molecule has 0 atom stereocenters. The predicted molar refractivity (Wildman–Crippen MR) is 52.9 cm³/mol. The third-order valence-corrected chi connectivity index (χ3v) is 2.05. The van der Waals surface area contributed by atoms with Crippen molar-refractivity contribution in [3.63, 3.8) is 0 Å². The van der Waals surface area contributed by atoms with Crippen molar-refractivity contribution in [3.8, 4) is 0 Å². The van der Waals surface area contributed by atoms with Crippen LogP contribution in [0.2, 0.25) is 10.3 Å². The normalized spacial score (nSPS) is 9.71. The van der Waals surface area contributed by atoms with Crippen molar-refractivity contribution in [2.45, 2.75) is 0 Å². The lowest BCUT2D eigenvalue weighted by Crippen LogP contribution is -2.10. The van der Waals surface area contributed by atoms with Gasteiger partial charge in [0.15, 0.2) is 21.8 Å². The first kappa shape index (κ1) is 11.0. The van der Waals surface area contributed by atoms with Crippen molar-refractivity contribution in [2.24, 2.45) is 0 Å². The zero-order valence-corrected chi connectivity index (χ0v) is 8.98. The summed E-state index contributed by atoms with van der Waals surface area (Å²) in [6.45, 7) is 0. The molecule has 1 N–H and O–H groups in total. The average molecular weight is 236 g/mol. The number of esters is 1. The third-order valence-electron chi connectivity index (χ3n) is 1.43. The third kappa shape index (κ3) is 2.05. The Labute approximate surface area is 90.4 Å². The Morgan fingerprint density at radius 1 is 1.36 bits per heavy atom. The summed E-state index contributed by atoms with van der Waals surface area (Å²) >= 11 is 11.2. The van der Waals surface area contributed by atoms with Gasteiger partial charge in [-0.2, -0.15) is 0 Å². The molecule has 0 saturated carbocycles. The molecule has 1 aromatic heterocycles. The van der Waals surface area contributed by atoms with Crippen molar-refractivity contribution in [1.29, 1.82) is 0 Å². The second-order valence-electron chi connectivity index (χ2n) is 2.24. The first-order valence-electron chi connectivity index (χ1n) is 3.59. The zero-order valence-electron chi connectivity index (χ0n) is 7.47. The van der Waals surface area contributed by atoms with Gasteiger partial charge in [-0.3, -0.25) is 0 Å². The van der Waals surface area contributed by atoms with Crippen molar-refractivity contribution in [3.05, 3.63) is 16.0 Å². The molecule has 76 valence electrons. The maximum Gasteiger partial charge on any atom is 0.360 e. The van der Waals surface area contributed by atoms with Gasteiger partial charge in [-0.15, -0.1) is 0 Å². The molecule has 0 radical (unpaired) electrons. The molecule has 14 heavy (non-hydrogen) atoms. The van der Waals surface area contributed by atoms with E-state index in [9.17, 15) is 4.79 Å². The van der Waals surface area contributed by atoms with Crippen LogP contribution in [0.25, 0.3) is 0 Å². The van der Waals surface area contributed by atoms with Crippen LogP contribution in [0.4, 0.5) is 5.82 Å². The highest BCUT2D eigenvalue weighted by Crippen LogP contribution is 2.21. The zero-order chi connectivity index (χ0) is 10.7. The number of nitrogens with one attached hydrogen (secondary N) is 1. The van der Waals surface area contributed by atoms with E-state index in [-0.39, 0.29) is 21.8 Å². The molecule has 0 bridgehead atoms. The van der Waals surface area contributed by atoms with Gasteiger partial charge < -0.3 is 10.1 Å². The van der Waals surface area contributed by atoms with E-state index in [1.54, 1.807) is 7.05 Å². The molecule has 0 aliphatic rings. The minimum atomic E-state index is -0.625. The molecule has 0 fully saturated rings. The first-order valence-corrected chi connectivity index (χ1v) is 4.34. The van der Waals surface area contributed by atoms with Gasteiger partial charge in [0, 0.05) is 7.05 Å². The monoisotopic (exact) mass is 235 g/mol. The summed E-state index contributed by atoms with van der Waals surface area (Å²) < 4.78 is 4.49. The van der Waals surface area contributed by atoms with Crippen LogP contribution in [0.15, 0.2) is 0 Å². The predicted octanol–water partition coefficient (Wildman–Crippen LogP) is 1.61. The summed E-state index contributed by atoms with van der Waals surface area (Å²) in [6.07, 6.45) is 0. The summed E-state index contributed by atoms with van der Waals surface area (Å²) in [5.74, 6) is -0.397. The number of nitrogens with zero attached hydrogens (tertiary/aromatic N) is 2. The molecule has 0 saturated heterocycles. The number of halogens is 2. The highest BCUT2D eigenvalue weighted by molar-refractivity contribution is 6.40. The molecule has 1 heterocycles. The lowest BCUT2D eigenvalue weighted by atomic mass is 10.4. The summed E-state index contributed by atoms with van der Waals surface area (Å²) in [7, 11) is 2.83. The average Bonchev–Trinajstić information content (AvgIpc) is 2.20. The molecule has 7 heteroatoms. The first-order chi connectivity index (χ1) is 6.60. The van der Waals surface area contributed by atoms with Crippen molar-refractivity contribution < 1.29 is 9.53 Å². The minimum absolute atomic E-state index is 0.00407. The maximum atomic E-state index is 11.2. The number of anilines is 1. The van der Waals surface area contributed by atoms with E-state index in [1.807, 2.05) is 0 Å². The lowest BCUT2D eigenvalue weighted by Gasteiger charge is -2.06. The minimum Gasteiger partial charge on any atom is -0.464 e. The number of hydrogen-bond acceptors (Lipinski definition) is 5. The van der Waals surface area contributed by atoms with Gasteiger partial charge in [0.2, 0.25) is 0 Å². The molecule has 5 nitrogen and oxygen atoms in total. The van der Waals surface area contributed by atoms with Gasteiger partial charge in [-0.25, -0.2) is 14.8 Å². The maximum absolute atomic E-state index is 11.2. The van der Waals surface area contributed by atoms with Crippen molar-refractivity contribution in [1.82, 2.24) is 9.97 Å². The summed E-state index contributed by atoms with van der Waals surface area (Å²) in [6, 6.07) is 0. The molecular weight excluding hydrogens is 229 g/mol.